The number of carbonyl (C=O) groups is 2. The van der Waals surface area contributed by atoms with Gasteiger partial charge in [0, 0.05) is 17.5 Å². The second kappa shape index (κ2) is 9.20. The predicted molar refractivity (Wildman–Crippen MR) is 123 cm³/mol. The average molecular weight is 447 g/mol. The number of ether oxygens (including phenoxy) is 1. The Labute approximate surface area is 189 Å². The van der Waals surface area contributed by atoms with Crippen LogP contribution in [0, 0.1) is 5.41 Å². The largest absolute Gasteiger partial charge is 0.472 e. The molecule has 0 aliphatic heterocycles. The number of aromatic nitrogens is 1. The first kappa shape index (κ1) is 21.5. The number of furan rings is 1. The van der Waals surface area contributed by atoms with E-state index < -0.39 is 11.4 Å². The van der Waals surface area contributed by atoms with Crippen LogP contribution < -0.4 is 10.1 Å². The highest BCUT2D eigenvalue weighted by atomic mass is 32.1. The van der Waals surface area contributed by atoms with Crippen LogP contribution >= 0.6 is 11.3 Å². The fourth-order valence-electron chi connectivity index (χ4n) is 3.62. The van der Waals surface area contributed by atoms with E-state index in [9.17, 15) is 9.59 Å². The summed E-state index contributed by atoms with van der Waals surface area (Å²) in [5, 5.41) is 5.31. The summed E-state index contributed by atoms with van der Waals surface area (Å²) < 4.78 is 10.3. The molecule has 0 radical (unpaired) electrons. The summed E-state index contributed by atoms with van der Waals surface area (Å²) in [4.78, 5) is 29.6. The molecule has 6 nitrogen and oxygen atoms in total. The number of nitrogens with zero attached hydrogens (tertiary/aromatic N) is 1. The molecular weight excluding hydrogens is 424 g/mol. The molecule has 1 atom stereocenters. The van der Waals surface area contributed by atoms with Crippen LogP contribution in [0.1, 0.15) is 41.3 Å². The SMILES string of the molecule is CC(C)(C(=O)Nc1nccs1)[C@@H](c1ccccc1)c1ccc(OC(=O)c2ccoc2)cc1. The van der Waals surface area contributed by atoms with Gasteiger partial charge in [0.25, 0.3) is 0 Å². The maximum Gasteiger partial charge on any atom is 0.346 e. The molecule has 0 aliphatic carbocycles. The first-order chi connectivity index (χ1) is 15.4. The normalized spacial score (nSPS) is 12.2. The molecule has 0 unspecified atom stereocenters. The Morgan fingerprint density at radius 2 is 1.75 bits per heavy atom. The second-order valence-electron chi connectivity index (χ2n) is 7.83. The fourth-order valence-corrected chi connectivity index (χ4v) is 4.14. The maximum atomic E-state index is 13.2. The van der Waals surface area contributed by atoms with Crippen LogP contribution in [-0.4, -0.2) is 16.9 Å². The zero-order valence-electron chi connectivity index (χ0n) is 17.6. The summed E-state index contributed by atoms with van der Waals surface area (Å²) in [7, 11) is 0. The van der Waals surface area contributed by atoms with Gasteiger partial charge in [-0.3, -0.25) is 4.79 Å². The van der Waals surface area contributed by atoms with Gasteiger partial charge in [0.1, 0.15) is 12.0 Å². The summed E-state index contributed by atoms with van der Waals surface area (Å²) in [5.74, 6) is -0.440. The molecule has 4 aromatic rings. The third kappa shape index (κ3) is 4.63. The van der Waals surface area contributed by atoms with Crippen LogP contribution in [0.5, 0.6) is 5.75 Å². The Morgan fingerprint density at radius 1 is 1.03 bits per heavy atom. The molecule has 162 valence electrons. The number of carbonyl (C=O) groups excluding carboxylic acids is 2. The molecule has 0 saturated carbocycles. The Hall–Kier alpha value is -3.71. The zero-order chi connectivity index (χ0) is 22.6. The minimum atomic E-state index is -0.790. The van der Waals surface area contributed by atoms with Gasteiger partial charge >= 0.3 is 5.97 Å². The van der Waals surface area contributed by atoms with Crippen molar-refractivity contribution in [2.24, 2.45) is 5.41 Å². The molecule has 1 amide bonds. The summed E-state index contributed by atoms with van der Waals surface area (Å²) in [6.07, 6.45) is 4.42. The van der Waals surface area contributed by atoms with Crippen LogP contribution in [0.2, 0.25) is 0 Å². The molecule has 1 N–H and O–H groups in total. The first-order valence-electron chi connectivity index (χ1n) is 10.1. The molecule has 2 aromatic carbocycles. The van der Waals surface area contributed by atoms with E-state index >= 15 is 0 Å². The van der Waals surface area contributed by atoms with Crippen molar-refractivity contribution in [3.05, 3.63) is 101 Å². The van der Waals surface area contributed by atoms with Crippen molar-refractivity contribution in [3.63, 3.8) is 0 Å². The van der Waals surface area contributed by atoms with Crippen LogP contribution in [0.15, 0.2) is 89.2 Å². The quantitative estimate of drug-likeness (QED) is 0.289. The highest BCUT2D eigenvalue weighted by Crippen LogP contribution is 2.42. The second-order valence-corrected chi connectivity index (χ2v) is 8.72. The molecule has 4 rings (SSSR count). The van der Waals surface area contributed by atoms with E-state index in [1.807, 2.05) is 61.7 Å². The molecule has 0 aliphatic rings. The minimum Gasteiger partial charge on any atom is -0.472 e. The fraction of sp³-hybridized carbons (Fsp3) is 0.160. The van der Waals surface area contributed by atoms with E-state index in [0.29, 0.717) is 16.4 Å². The van der Waals surface area contributed by atoms with Gasteiger partial charge < -0.3 is 14.5 Å². The van der Waals surface area contributed by atoms with Crippen molar-refractivity contribution in [2.45, 2.75) is 19.8 Å². The molecule has 0 spiro atoms. The lowest BCUT2D eigenvalue weighted by Crippen LogP contribution is -2.37. The van der Waals surface area contributed by atoms with Gasteiger partial charge in [0.2, 0.25) is 5.91 Å². The van der Waals surface area contributed by atoms with Gasteiger partial charge in [-0.25, -0.2) is 9.78 Å². The van der Waals surface area contributed by atoms with E-state index in [-0.39, 0.29) is 11.8 Å². The maximum absolute atomic E-state index is 13.2. The van der Waals surface area contributed by atoms with Crippen molar-refractivity contribution in [1.29, 1.82) is 0 Å². The number of thiazole rings is 1. The number of anilines is 1. The molecule has 2 aromatic heterocycles. The van der Waals surface area contributed by atoms with Crippen LogP contribution in [0.25, 0.3) is 0 Å². The van der Waals surface area contributed by atoms with Gasteiger partial charge in [-0.2, -0.15) is 0 Å². The molecule has 32 heavy (non-hydrogen) atoms. The van der Waals surface area contributed by atoms with Crippen LogP contribution in [0.3, 0.4) is 0 Å². The number of benzene rings is 2. The van der Waals surface area contributed by atoms with Crippen molar-refractivity contribution >= 4 is 28.3 Å². The number of esters is 1. The molecule has 0 fully saturated rings. The standard InChI is InChI=1S/C25H22N2O4S/c1-25(2,23(29)27-24-26-13-15-32-24)21(17-6-4-3-5-7-17)18-8-10-20(11-9-18)31-22(28)19-12-14-30-16-19/h3-16,21H,1-2H3,(H,26,27,29)/t21-/m0/s1. The Morgan fingerprint density at radius 3 is 2.38 bits per heavy atom. The van der Waals surface area contributed by atoms with Gasteiger partial charge in [0.15, 0.2) is 5.13 Å². The number of rotatable bonds is 7. The van der Waals surface area contributed by atoms with E-state index in [0.717, 1.165) is 11.1 Å². The Kier molecular flexibility index (Phi) is 6.18. The zero-order valence-corrected chi connectivity index (χ0v) is 18.5. The van der Waals surface area contributed by atoms with Crippen molar-refractivity contribution in [2.75, 3.05) is 5.32 Å². The Balaban J connectivity index is 1.62. The highest BCUT2D eigenvalue weighted by Gasteiger charge is 2.39. The number of amides is 1. The molecule has 0 saturated heterocycles. The van der Waals surface area contributed by atoms with E-state index in [4.69, 9.17) is 9.15 Å². The summed E-state index contributed by atoms with van der Waals surface area (Å²) in [6.45, 7) is 3.83. The lowest BCUT2D eigenvalue weighted by Gasteiger charge is -2.33. The molecule has 2 heterocycles. The van der Waals surface area contributed by atoms with Crippen molar-refractivity contribution in [3.8, 4) is 5.75 Å². The molecular formula is C25H22N2O4S. The summed E-state index contributed by atoms with van der Waals surface area (Å²) >= 11 is 1.38. The predicted octanol–water partition coefficient (Wildman–Crippen LogP) is 5.75. The topological polar surface area (TPSA) is 81.4 Å². The smallest absolute Gasteiger partial charge is 0.346 e. The highest BCUT2D eigenvalue weighted by molar-refractivity contribution is 7.13. The Bertz CT molecular complexity index is 1170. The van der Waals surface area contributed by atoms with E-state index in [2.05, 4.69) is 10.3 Å². The van der Waals surface area contributed by atoms with Gasteiger partial charge in [-0.1, -0.05) is 56.3 Å². The van der Waals surface area contributed by atoms with E-state index in [1.165, 1.54) is 23.9 Å². The van der Waals surface area contributed by atoms with E-state index in [1.54, 1.807) is 24.4 Å². The first-order valence-corrected chi connectivity index (χ1v) is 10.9. The number of hydrogen-bond donors (Lipinski definition) is 1. The van der Waals surface area contributed by atoms with Crippen LogP contribution in [-0.2, 0) is 4.79 Å². The average Bonchev–Trinajstić information content (AvgIpc) is 3.50. The van der Waals surface area contributed by atoms with Crippen molar-refractivity contribution in [1.82, 2.24) is 4.98 Å². The molecule has 0 bridgehead atoms. The molecule has 7 heteroatoms. The van der Waals surface area contributed by atoms with Crippen molar-refractivity contribution < 1.29 is 18.7 Å². The third-order valence-electron chi connectivity index (χ3n) is 5.27. The van der Waals surface area contributed by atoms with Crippen LogP contribution in [0.4, 0.5) is 5.13 Å². The third-order valence-corrected chi connectivity index (χ3v) is 5.96. The lowest BCUT2D eigenvalue weighted by atomic mass is 9.70. The minimum absolute atomic E-state index is 0.128. The van der Waals surface area contributed by atoms with Gasteiger partial charge in [0.05, 0.1) is 17.2 Å². The van der Waals surface area contributed by atoms with Gasteiger partial charge in [-0.05, 0) is 29.3 Å². The number of nitrogens with one attached hydrogen (secondary N) is 1. The number of hydrogen-bond acceptors (Lipinski definition) is 6. The summed E-state index contributed by atoms with van der Waals surface area (Å²) in [6, 6.07) is 18.7. The van der Waals surface area contributed by atoms with Gasteiger partial charge in [-0.15, -0.1) is 11.3 Å². The lowest BCUT2D eigenvalue weighted by molar-refractivity contribution is -0.124. The summed E-state index contributed by atoms with van der Waals surface area (Å²) in [5.41, 5.74) is 1.49. The monoisotopic (exact) mass is 446 g/mol.